The van der Waals surface area contributed by atoms with E-state index >= 15 is 0 Å². The van der Waals surface area contributed by atoms with E-state index in [0.29, 0.717) is 22.4 Å². The highest BCUT2D eigenvalue weighted by atomic mass is 35.5. The summed E-state index contributed by atoms with van der Waals surface area (Å²) in [7, 11) is 0. The molecule has 0 spiro atoms. The zero-order valence-corrected chi connectivity index (χ0v) is 19.7. The summed E-state index contributed by atoms with van der Waals surface area (Å²) in [5.74, 6) is 0.734. The second-order valence-corrected chi connectivity index (χ2v) is 8.90. The number of anilines is 1. The first kappa shape index (κ1) is 23.8. The predicted octanol–water partition coefficient (Wildman–Crippen LogP) is 4.81. The summed E-state index contributed by atoms with van der Waals surface area (Å²) >= 11 is 7.45. The fraction of sp³-hybridized carbons (Fsp3) is 0.304. The highest BCUT2D eigenvalue weighted by Gasteiger charge is 2.21. The summed E-state index contributed by atoms with van der Waals surface area (Å²) in [6.07, 6.45) is 0. The van der Waals surface area contributed by atoms with Crippen LogP contribution in [0, 0.1) is 6.92 Å². The number of aryl methyl sites for hydroxylation is 1. The molecule has 3 aromatic rings. The van der Waals surface area contributed by atoms with Crippen molar-refractivity contribution in [3.05, 3.63) is 65.0 Å². The number of amides is 2. The van der Waals surface area contributed by atoms with Gasteiger partial charge in [-0.2, -0.15) is 0 Å². The van der Waals surface area contributed by atoms with Crippen molar-refractivity contribution in [2.24, 2.45) is 0 Å². The molecule has 2 aromatic carbocycles. The number of carbonyl (C=O) groups excluding carboxylic acids is 2. The molecule has 0 aliphatic rings. The summed E-state index contributed by atoms with van der Waals surface area (Å²) < 4.78 is 5.73. The predicted molar refractivity (Wildman–Crippen MR) is 128 cm³/mol. The third-order valence-electron chi connectivity index (χ3n) is 4.58. The molecule has 2 amide bonds. The van der Waals surface area contributed by atoms with Crippen molar-refractivity contribution in [2.75, 3.05) is 16.8 Å². The lowest BCUT2D eigenvalue weighted by Gasteiger charge is -2.25. The molecular weight excluding hydrogens is 448 g/mol. The normalized spacial score (nSPS) is 10.9. The van der Waals surface area contributed by atoms with E-state index in [9.17, 15) is 9.59 Å². The first-order chi connectivity index (χ1) is 15.3. The van der Waals surface area contributed by atoms with Crippen molar-refractivity contribution in [2.45, 2.75) is 33.4 Å². The van der Waals surface area contributed by atoms with Gasteiger partial charge in [0.05, 0.1) is 28.6 Å². The van der Waals surface area contributed by atoms with Gasteiger partial charge < -0.3 is 14.6 Å². The summed E-state index contributed by atoms with van der Waals surface area (Å²) in [6, 6.07) is 14.7. The van der Waals surface area contributed by atoms with Gasteiger partial charge in [-0.1, -0.05) is 35.9 Å². The molecule has 7 nitrogen and oxygen atoms in total. The highest BCUT2D eigenvalue weighted by molar-refractivity contribution is 8.00. The van der Waals surface area contributed by atoms with E-state index in [4.69, 9.17) is 16.0 Å². The van der Waals surface area contributed by atoms with Gasteiger partial charge in [0, 0.05) is 11.7 Å². The van der Waals surface area contributed by atoms with E-state index in [1.165, 1.54) is 11.8 Å². The number of hydrogen-bond donors (Lipinski definition) is 1. The topological polar surface area (TPSA) is 88.3 Å². The molecule has 0 bridgehead atoms. The van der Waals surface area contributed by atoms with Gasteiger partial charge in [-0.15, -0.1) is 22.0 Å². The van der Waals surface area contributed by atoms with Crippen molar-refractivity contribution in [3.8, 4) is 11.5 Å². The molecule has 32 heavy (non-hydrogen) atoms. The molecule has 1 N–H and O–H groups in total. The number of nitrogens with one attached hydrogen (secondary N) is 1. The van der Waals surface area contributed by atoms with Crippen LogP contribution >= 0.6 is 23.4 Å². The van der Waals surface area contributed by atoms with Crippen LogP contribution in [0.3, 0.4) is 0 Å². The minimum absolute atomic E-state index is 0.0696. The van der Waals surface area contributed by atoms with Crippen LogP contribution in [0.15, 0.2) is 52.9 Å². The lowest BCUT2D eigenvalue weighted by atomic mass is 10.2. The number of hydrogen-bond acceptors (Lipinski definition) is 6. The van der Waals surface area contributed by atoms with Crippen molar-refractivity contribution < 1.29 is 14.0 Å². The molecule has 3 rings (SSSR count). The van der Waals surface area contributed by atoms with Crippen LogP contribution in [-0.4, -0.2) is 44.5 Å². The molecule has 0 unspecified atom stereocenters. The van der Waals surface area contributed by atoms with E-state index in [1.807, 2.05) is 57.2 Å². The van der Waals surface area contributed by atoms with Gasteiger partial charge in [0.25, 0.3) is 0 Å². The quantitative estimate of drug-likeness (QED) is 0.481. The van der Waals surface area contributed by atoms with Crippen LogP contribution in [0.5, 0.6) is 0 Å². The zero-order valence-electron chi connectivity index (χ0n) is 18.2. The Hall–Kier alpha value is -2.84. The molecule has 0 saturated carbocycles. The molecule has 1 aromatic heterocycles. The molecule has 0 aliphatic carbocycles. The molecule has 0 aliphatic heterocycles. The monoisotopic (exact) mass is 472 g/mol. The van der Waals surface area contributed by atoms with Gasteiger partial charge >= 0.3 is 0 Å². The van der Waals surface area contributed by atoms with Crippen LogP contribution in [0.1, 0.15) is 25.3 Å². The van der Waals surface area contributed by atoms with Gasteiger partial charge in [0.2, 0.25) is 23.6 Å². The lowest BCUT2D eigenvalue weighted by molar-refractivity contribution is -0.131. The first-order valence-corrected chi connectivity index (χ1v) is 11.7. The van der Waals surface area contributed by atoms with Gasteiger partial charge in [-0.25, -0.2) is 0 Å². The number of halogens is 1. The van der Waals surface area contributed by atoms with Crippen molar-refractivity contribution in [1.29, 1.82) is 0 Å². The number of nitrogens with zero attached hydrogens (tertiary/aromatic N) is 3. The van der Waals surface area contributed by atoms with E-state index in [2.05, 4.69) is 15.5 Å². The SMILES string of the molecule is Cc1cccc(NC(=O)CSCC(=O)N(Cc2nnc(-c3ccccc3Cl)o2)C(C)C)c1. The second kappa shape index (κ2) is 11.2. The van der Waals surface area contributed by atoms with E-state index in [0.717, 1.165) is 11.3 Å². The van der Waals surface area contributed by atoms with Crippen molar-refractivity contribution >= 4 is 40.9 Å². The Labute approximate surface area is 196 Å². The number of carbonyl (C=O) groups is 2. The largest absolute Gasteiger partial charge is 0.419 e. The van der Waals surface area contributed by atoms with E-state index in [-0.39, 0.29) is 35.9 Å². The van der Waals surface area contributed by atoms with Crippen LogP contribution in [0.2, 0.25) is 5.02 Å². The standard InChI is InChI=1S/C23H25ClN4O3S/c1-15(2)28(12-21-26-27-23(31-21)18-9-4-5-10-19(18)24)22(30)14-32-13-20(29)25-17-8-6-7-16(3)11-17/h4-11,15H,12-14H2,1-3H3,(H,25,29). The first-order valence-electron chi connectivity index (χ1n) is 10.1. The minimum Gasteiger partial charge on any atom is -0.419 e. The van der Waals surface area contributed by atoms with E-state index < -0.39 is 0 Å². The van der Waals surface area contributed by atoms with Crippen LogP contribution < -0.4 is 5.32 Å². The average molecular weight is 473 g/mol. The molecule has 0 atom stereocenters. The number of aromatic nitrogens is 2. The molecule has 168 valence electrons. The number of rotatable bonds is 9. The fourth-order valence-electron chi connectivity index (χ4n) is 3.00. The summed E-state index contributed by atoms with van der Waals surface area (Å²) in [5.41, 5.74) is 2.46. The van der Waals surface area contributed by atoms with Crippen molar-refractivity contribution in [3.63, 3.8) is 0 Å². The van der Waals surface area contributed by atoms with Gasteiger partial charge in [0.15, 0.2) is 0 Å². The maximum Gasteiger partial charge on any atom is 0.249 e. The molecule has 1 heterocycles. The Morgan fingerprint density at radius 2 is 1.91 bits per heavy atom. The van der Waals surface area contributed by atoms with Crippen LogP contribution in [-0.2, 0) is 16.1 Å². The molecular formula is C23H25ClN4O3S. The van der Waals surface area contributed by atoms with Gasteiger partial charge in [0.1, 0.15) is 0 Å². The Morgan fingerprint density at radius 3 is 2.62 bits per heavy atom. The Balaban J connectivity index is 1.53. The smallest absolute Gasteiger partial charge is 0.249 e. The summed E-state index contributed by atoms with van der Waals surface area (Å²) in [6.45, 7) is 5.98. The lowest BCUT2D eigenvalue weighted by Crippen LogP contribution is -2.38. The Morgan fingerprint density at radius 1 is 1.12 bits per heavy atom. The zero-order chi connectivity index (χ0) is 23.1. The van der Waals surface area contributed by atoms with Crippen LogP contribution in [0.4, 0.5) is 5.69 Å². The van der Waals surface area contributed by atoms with Gasteiger partial charge in [-0.3, -0.25) is 9.59 Å². The maximum atomic E-state index is 12.8. The minimum atomic E-state index is -0.147. The Bertz CT molecular complexity index is 1090. The molecule has 0 fully saturated rings. The molecule has 0 saturated heterocycles. The second-order valence-electron chi connectivity index (χ2n) is 7.51. The van der Waals surface area contributed by atoms with Crippen molar-refractivity contribution in [1.82, 2.24) is 15.1 Å². The molecule has 0 radical (unpaired) electrons. The highest BCUT2D eigenvalue weighted by Crippen LogP contribution is 2.26. The Kier molecular flexibility index (Phi) is 8.30. The summed E-state index contributed by atoms with van der Waals surface area (Å²) in [4.78, 5) is 26.6. The number of thioether (sulfide) groups is 1. The third-order valence-corrected chi connectivity index (χ3v) is 5.83. The summed E-state index contributed by atoms with van der Waals surface area (Å²) in [5, 5.41) is 11.5. The average Bonchev–Trinajstić information content (AvgIpc) is 3.20. The van der Waals surface area contributed by atoms with Crippen LogP contribution in [0.25, 0.3) is 11.5 Å². The molecule has 9 heteroatoms. The van der Waals surface area contributed by atoms with E-state index in [1.54, 1.807) is 17.0 Å². The fourth-order valence-corrected chi connectivity index (χ4v) is 3.92. The van der Waals surface area contributed by atoms with Gasteiger partial charge in [-0.05, 0) is 50.6 Å². The maximum absolute atomic E-state index is 12.8. The number of benzene rings is 2. The third kappa shape index (κ3) is 6.58.